The van der Waals surface area contributed by atoms with Gasteiger partial charge in [-0.05, 0) is 0 Å². The maximum atomic E-state index is 10.7. The highest BCUT2D eigenvalue weighted by molar-refractivity contribution is 7.91. The minimum atomic E-state index is -3.26. The van der Waals surface area contributed by atoms with Gasteiger partial charge in [-0.15, -0.1) is 0 Å². The summed E-state index contributed by atoms with van der Waals surface area (Å²) in [5.41, 5.74) is 0. The maximum absolute atomic E-state index is 10.7. The van der Waals surface area contributed by atoms with Crippen LogP contribution in [0.3, 0.4) is 0 Å². The molecular formula is C6H10N2O3S. The molecule has 0 heterocycles. The van der Waals surface area contributed by atoms with Crippen molar-refractivity contribution in [2.45, 2.75) is 6.42 Å². The molecule has 0 bridgehead atoms. The number of carbonyl (C=O) groups excluding carboxylic acids is 1. The molecule has 0 rings (SSSR count). The Bertz CT molecular complexity index is 288. The van der Waals surface area contributed by atoms with Crippen molar-refractivity contribution < 1.29 is 13.2 Å². The Morgan fingerprint density at radius 1 is 1.58 bits per heavy atom. The minimum absolute atomic E-state index is 0.190. The fraction of sp³-hybridized carbons (Fsp3) is 0.667. The monoisotopic (exact) mass is 190 g/mol. The first kappa shape index (κ1) is 10.9. The van der Waals surface area contributed by atoms with Gasteiger partial charge in [0.25, 0.3) is 0 Å². The molecular weight excluding hydrogens is 180 g/mol. The van der Waals surface area contributed by atoms with Crippen LogP contribution < -0.4 is 5.32 Å². The molecule has 0 aromatic heterocycles. The van der Waals surface area contributed by atoms with Crippen molar-refractivity contribution in [1.29, 1.82) is 5.26 Å². The second-order valence-corrected chi connectivity index (χ2v) is 4.47. The summed E-state index contributed by atoms with van der Waals surface area (Å²) in [5.74, 6) is -1.08. The Balaban J connectivity index is 3.71. The van der Waals surface area contributed by atoms with E-state index in [1.54, 1.807) is 0 Å². The van der Waals surface area contributed by atoms with Crippen LogP contribution in [-0.4, -0.2) is 32.9 Å². The van der Waals surface area contributed by atoms with Crippen LogP contribution in [0, 0.1) is 11.3 Å². The Morgan fingerprint density at radius 2 is 2.17 bits per heavy atom. The Labute approximate surface area is 71.3 Å². The van der Waals surface area contributed by atoms with Crippen LogP contribution in [0.1, 0.15) is 6.42 Å². The summed E-state index contributed by atoms with van der Waals surface area (Å²) in [4.78, 5) is 10.7. The second-order valence-electron chi connectivity index (χ2n) is 2.33. The van der Waals surface area contributed by atoms with Crippen LogP contribution in [0.25, 0.3) is 0 Å². The average Bonchev–Trinajstić information content (AvgIpc) is 1.84. The average molecular weight is 190 g/mol. The highest BCUT2D eigenvalue weighted by Crippen LogP contribution is 1.82. The molecule has 0 aliphatic heterocycles. The van der Waals surface area contributed by atoms with Crippen LogP contribution in [0.2, 0.25) is 0 Å². The highest BCUT2D eigenvalue weighted by atomic mass is 32.2. The molecule has 0 saturated heterocycles. The predicted molar refractivity (Wildman–Crippen MR) is 43.0 cm³/mol. The van der Waals surface area contributed by atoms with Gasteiger partial charge in [0.1, 0.15) is 5.75 Å². The lowest BCUT2D eigenvalue weighted by molar-refractivity contribution is -0.118. The lowest BCUT2D eigenvalue weighted by Gasteiger charge is -1.99. The quantitative estimate of drug-likeness (QED) is 0.580. The number of hydrogen-bond donors (Lipinski definition) is 1. The zero-order valence-electron chi connectivity index (χ0n) is 6.70. The van der Waals surface area contributed by atoms with E-state index >= 15 is 0 Å². The van der Waals surface area contributed by atoms with Crippen molar-refractivity contribution in [3.05, 3.63) is 0 Å². The van der Waals surface area contributed by atoms with E-state index in [0.29, 0.717) is 0 Å². The van der Waals surface area contributed by atoms with Crippen molar-refractivity contribution in [1.82, 2.24) is 5.32 Å². The Hall–Kier alpha value is -1.09. The van der Waals surface area contributed by atoms with Gasteiger partial charge in [0.15, 0.2) is 9.84 Å². The van der Waals surface area contributed by atoms with E-state index < -0.39 is 21.5 Å². The molecule has 0 aliphatic rings. The predicted octanol–water partition coefficient (Wildman–Crippen LogP) is -0.939. The molecule has 0 fully saturated rings. The number of sulfone groups is 1. The summed E-state index contributed by atoms with van der Waals surface area (Å²) in [7, 11) is -3.26. The van der Waals surface area contributed by atoms with Gasteiger partial charge in [-0.25, -0.2) is 8.42 Å². The maximum Gasteiger partial charge on any atom is 0.235 e. The number of nitrogens with one attached hydrogen (secondary N) is 1. The van der Waals surface area contributed by atoms with Gasteiger partial charge in [0.2, 0.25) is 5.91 Å². The first-order valence-corrected chi connectivity index (χ1v) is 5.33. The molecule has 0 unspecified atom stereocenters. The van der Waals surface area contributed by atoms with Gasteiger partial charge in [-0.1, -0.05) is 0 Å². The third kappa shape index (κ3) is 7.02. The van der Waals surface area contributed by atoms with E-state index in [1.807, 2.05) is 6.07 Å². The van der Waals surface area contributed by atoms with Crippen molar-refractivity contribution in [3.63, 3.8) is 0 Å². The smallest absolute Gasteiger partial charge is 0.235 e. The van der Waals surface area contributed by atoms with Gasteiger partial charge >= 0.3 is 0 Å². The molecule has 1 N–H and O–H groups in total. The second kappa shape index (κ2) is 4.72. The van der Waals surface area contributed by atoms with Crippen LogP contribution in [0.5, 0.6) is 0 Å². The number of nitriles is 1. The zero-order chi connectivity index (χ0) is 9.61. The summed E-state index contributed by atoms with van der Waals surface area (Å²) in [5, 5.41) is 10.4. The van der Waals surface area contributed by atoms with Gasteiger partial charge < -0.3 is 5.32 Å². The molecule has 0 radical (unpaired) electrons. The molecule has 0 spiro atoms. The molecule has 1 amide bonds. The molecule has 5 nitrogen and oxygen atoms in total. The van der Waals surface area contributed by atoms with Crippen LogP contribution in [0.4, 0.5) is 0 Å². The van der Waals surface area contributed by atoms with Gasteiger partial charge in [0.05, 0.1) is 12.5 Å². The van der Waals surface area contributed by atoms with E-state index in [-0.39, 0.29) is 13.0 Å². The summed E-state index contributed by atoms with van der Waals surface area (Å²) in [6, 6.07) is 1.82. The first-order valence-electron chi connectivity index (χ1n) is 3.27. The Morgan fingerprint density at radius 3 is 2.58 bits per heavy atom. The third-order valence-corrected chi connectivity index (χ3v) is 1.74. The fourth-order valence-electron chi connectivity index (χ4n) is 0.547. The van der Waals surface area contributed by atoms with Crippen LogP contribution >= 0.6 is 0 Å². The lowest BCUT2D eigenvalue weighted by atomic mass is 10.4. The van der Waals surface area contributed by atoms with Crippen molar-refractivity contribution in [3.8, 4) is 6.07 Å². The SMILES string of the molecule is CS(=O)(=O)CC(=O)NCCC#N. The number of nitrogens with zero attached hydrogens (tertiary/aromatic N) is 1. The standard InChI is InChI=1S/C6H10N2O3S/c1-12(10,11)5-6(9)8-4-2-3-7/h2,4-5H2,1H3,(H,8,9). The van der Waals surface area contributed by atoms with Crippen LogP contribution in [0.15, 0.2) is 0 Å². The van der Waals surface area contributed by atoms with Gasteiger partial charge in [-0.3, -0.25) is 4.79 Å². The van der Waals surface area contributed by atoms with Crippen molar-refractivity contribution in [2.24, 2.45) is 0 Å². The van der Waals surface area contributed by atoms with E-state index in [4.69, 9.17) is 5.26 Å². The Kier molecular flexibility index (Phi) is 4.29. The normalized spacial score (nSPS) is 10.3. The van der Waals surface area contributed by atoms with E-state index in [0.717, 1.165) is 6.26 Å². The molecule has 12 heavy (non-hydrogen) atoms. The minimum Gasteiger partial charge on any atom is -0.354 e. The summed E-state index contributed by atoms with van der Waals surface area (Å²) in [6.07, 6.45) is 1.17. The number of rotatable bonds is 4. The third-order valence-electron chi connectivity index (χ3n) is 0.952. The fourth-order valence-corrected chi connectivity index (χ4v) is 1.13. The molecule has 0 aliphatic carbocycles. The number of hydrogen-bond acceptors (Lipinski definition) is 4. The molecule has 6 heteroatoms. The summed E-state index contributed by atoms with van der Waals surface area (Å²) < 4.78 is 21.1. The first-order chi connectivity index (χ1) is 5.45. The highest BCUT2D eigenvalue weighted by Gasteiger charge is 2.09. The summed E-state index contributed by atoms with van der Waals surface area (Å²) in [6.45, 7) is 0.199. The van der Waals surface area contributed by atoms with Crippen molar-refractivity contribution in [2.75, 3.05) is 18.6 Å². The number of carbonyl (C=O) groups is 1. The molecule has 0 saturated carbocycles. The molecule has 0 aromatic carbocycles. The van der Waals surface area contributed by atoms with E-state index in [9.17, 15) is 13.2 Å². The van der Waals surface area contributed by atoms with E-state index in [2.05, 4.69) is 5.32 Å². The lowest BCUT2D eigenvalue weighted by Crippen LogP contribution is -2.30. The van der Waals surface area contributed by atoms with Crippen molar-refractivity contribution >= 4 is 15.7 Å². The van der Waals surface area contributed by atoms with E-state index in [1.165, 1.54) is 0 Å². The zero-order valence-corrected chi connectivity index (χ0v) is 7.52. The molecule has 0 atom stereocenters. The molecule has 0 aromatic rings. The van der Waals surface area contributed by atoms with Gasteiger partial charge in [0, 0.05) is 12.8 Å². The number of amides is 1. The largest absolute Gasteiger partial charge is 0.354 e. The summed E-state index contributed by atoms with van der Waals surface area (Å²) >= 11 is 0. The topological polar surface area (TPSA) is 87.0 Å². The van der Waals surface area contributed by atoms with Crippen LogP contribution in [-0.2, 0) is 14.6 Å². The molecule has 68 valence electrons. The van der Waals surface area contributed by atoms with Gasteiger partial charge in [-0.2, -0.15) is 5.26 Å².